The first kappa shape index (κ1) is 19.1. The van der Waals surface area contributed by atoms with E-state index in [1.54, 1.807) is 11.6 Å². The second-order valence-corrected chi connectivity index (χ2v) is 6.08. The van der Waals surface area contributed by atoms with Crippen LogP contribution in [0.1, 0.15) is 50.6 Å². The van der Waals surface area contributed by atoms with Crippen LogP contribution in [0.4, 0.5) is 0 Å². The van der Waals surface area contributed by atoms with Crippen LogP contribution >= 0.6 is 0 Å². The van der Waals surface area contributed by atoms with Gasteiger partial charge in [-0.3, -0.25) is 14.9 Å². The largest absolute Gasteiger partial charge is 0.302 e. The van der Waals surface area contributed by atoms with Crippen molar-refractivity contribution in [2.24, 2.45) is 0 Å². The Kier molecular flexibility index (Phi) is 7.16. The van der Waals surface area contributed by atoms with Gasteiger partial charge in [0.1, 0.15) is 5.65 Å². The van der Waals surface area contributed by atoms with E-state index in [-0.39, 0.29) is 0 Å². The Bertz CT molecular complexity index is 736. The maximum Gasteiger partial charge on any atom is 0.267 e. The van der Waals surface area contributed by atoms with Crippen LogP contribution in [-0.4, -0.2) is 38.5 Å². The van der Waals surface area contributed by atoms with Gasteiger partial charge in [-0.15, -0.1) is 0 Å². The maximum atomic E-state index is 11.1. The average molecular weight is 344 g/mol. The maximum absolute atomic E-state index is 11.1. The molecule has 2 N–H and O–H groups in total. The van der Waals surface area contributed by atoms with Crippen LogP contribution in [0.25, 0.3) is 11.7 Å². The van der Waals surface area contributed by atoms with Crippen molar-refractivity contribution in [3.8, 4) is 0 Å². The van der Waals surface area contributed by atoms with Crippen LogP contribution in [0.2, 0.25) is 0 Å². The number of hydroxylamine groups is 1. The van der Waals surface area contributed by atoms with Gasteiger partial charge in [-0.1, -0.05) is 27.2 Å². The summed E-state index contributed by atoms with van der Waals surface area (Å²) in [6.45, 7) is 9.54. The van der Waals surface area contributed by atoms with Gasteiger partial charge < -0.3 is 4.40 Å². The first-order chi connectivity index (χ1) is 12.1. The number of hydrogen-bond donors (Lipinski definition) is 2. The molecule has 0 aliphatic rings. The number of carbonyl (C=O) groups is 1. The van der Waals surface area contributed by atoms with E-state index >= 15 is 0 Å². The second-order valence-electron chi connectivity index (χ2n) is 6.08. The van der Waals surface area contributed by atoms with E-state index in [9.17, 15) is 4.79 Å². The first-order valence-corrected chi connectivity index (χ1v) is 8.97. The van der Waals surface area contributed by atoms with Gasteiger partial charge in [0.15, 0.2) is 0 Å². The average Bonchev–Trinajstić information content (AvgIpc) is 2.99. The predicted molar refractivity (Wildman–Crippen MR) is 99.4 cm³/mol. The van der Waals surface area contributed by atoms with Crippen molar-refractivity contribution < 1.29 is 10.0 Å². The molecule has 2 rings (SSSR count). The predicted octanol–water partition coefficient (Wildman–Crippen LogP) is 3.04. The highest BCUT2D eigenvalue weighted by Gasteiger charge is 2.14. The molecule has 2 aromatic rings. The zero-order valence-corrected chi connectivity index (χ0v) is 15.3. The third-order valence-corrected chi connectivity index (χ3v) is 4.35. The Morgan fingerprint density at radius 2 is 2.20 bits per heavy atom. The number of nitrogens with one attached hydrogen (secondary N) is 1. The molecular formula is C19H28N4O2. The fourth-order valence-corrected chi connectivity index (χ4v) is 2.87. The van der Waals surface area contributed by atoms with Gasteiger partial charge in [-0.25, -0.2) is 10.5 Å². The minimum Gasteiger partial charge on any atom is -0.302 e. The topological polar surface area (TPSA) is 69.9 Å². The number of aromatic nitrogens is 2. The lowest BCUT2D eigenvalue weighted by atomic mass is 10.2. The molecule has 0 aliphatic carbocycles. The number of pyridine rings is 1. The van der Waals surface area contributed by atoms with Crippen LogP contribution in [0.15, 0.2) is 24.4 Å². The van der Waals surface area contributed by atoms with Crippen LogP contribution in [0.3, 0.4) is 0 Å². The van der Waals surface area contributed by atoms with Crippen molar-refractivity contribution in [2.75, 3.05) is 13.1 Å². The summed E-state index contributed by atoms with van der Waals surface area (Å²) in [6.07, 6.45) is 8.24. The zero-order chi connectivity index (χ0) is 18.2. The van der Waals surface area contributed by atoms with Crippen LogP contribution in [0.5, 0.6) is 0 Å². The number of amides is 1. The molecule has 25 heavy (non-hydrogen) atoms. The molecule has 0 bridgehead atoms. The third-order valence-electron chi connectivity index (χ3n) is 4.35. The molecule has 0 aromatic carbocycles. The van der Waals surface area contributed by atoms with Gasteiger partial charge in [-0.2, -0.15) is 0 Å². The highest BCUT2D eigenvalue weighted by Crippen LogP contribution is 2.18. The second kappa shape index (κ2) is 9.34. The highest BCUT2D eigenvalue weighted by atomic mass is 16.5. The van der Waals surface area contributed by atoms with Crippen molar-refractivity contribution in [1.29, 1.82) is 0 Å². The molecule has 6 nitrogen and oxygen atoms in total. The molecule has 2 aromatic heterocycles. The van der Waals surface area contributed by atoms with Gasteiger partial charge in [0.25, 0.3) is 5.91 Å². The highest BCUT2D eigenvalue weighted by molar-refractivity contribution is 5.90. The van der Waals surface area contributed by atoms with E-state index in [1.165, 1.54) is 24.6 Å². The van der Waals surface area contributed by atoms with E-state index in [4.69, 9.17) is 10.2 Å². The lowest BCUT2D eigenvalue weighted by Gasteiger charge is -2.20. The molecule has 0 atom stereocenters. The molecule has 0 aliphatic heterocycles. The smallest absolute Gasteiger partial charge is 0.267 e. The van der Waals surface area contributed by atoms with Gasteiger partial charge in [0, 0.05) is 18.8 Å². The fraction of sp³-hybridized carbons (Fsp3) is 0.474. The lowest BCUT2D eigenvalue weighted by molar-refractivity contribution is -0.124. The molecule has 6 heteroatoms. The number of aryl methyl sites for hydroxylation is 1. The van der Waals surface area contributed by atoms with Gasteiger partial charge in [0.2, 0.25) is 0 Å². The Morgan fingerprint density at radius 3 is 2.84 bits per heavy atom. The summed E-state index contributed by atoms with van der Waals surface area (Å²) in [4.78, 5) is 18.3. The molecule has 0 radical (unpaired) electrons. The molecule has 0 saturated heterocycles. The summed E-state index contributed by atoms with van der Waals surface area (Å²) in [6, 6.07) is 3.90. The number of fused-ring (bicyclic) bond motifs is 1. The normalized spacial score (nSPS) is 11.7. The summed E-state index contributed by atoms with van der Waals surface area (Å²) in [7, 11) is 0. The van der Waals surface area contributed by atoms with E-state index in [2.05, 4.69) is 30.1 Å². The summed E-state index contributed by atoms with van der Waals surface area (Å²) in [5, 5.41) is 8.55. The van der Waals surface area contributed by atoms with Crippen molar-refractivity contribution in [3.05, 3.63) is 41.4 Å². The monoisotopic (exact) mass is 344 g/mol. The minimum absolute atomic E-state index is 0.548. The van der Waals surface area contributed by atoms with E-state index in [0.29, 0.717) is 0 Å². The fourth-order valence-electron chi connectivity index (χ4n) is 2.87. The molecule has 0 saturated carbocycles. The van der Waals surface area contributed by atoms with Gasteiger partial charge >= 0.3 is 0 Å². The number of rotatable bonds is 9. The molecule has 0 unspecified atom stereocenters. The van der Waals surface area contributed by atoms with E-state index in [0.717, 1.165) is 43.0 Å². The number of nitrogens with zero attached hydrogens (tertiary/aromatic N) is 3. The molecule has 1 amide bonds. The van der Waals surface area contributed by atoms with Crippen molar-refractivity contribution in [2.45, 2.75) is 46.6 Å². The van der Waals surface area contributed by atoms with E-state index in [1.807, 2.05) is 18.3 Å². The number of hydrogen-bond acceptors (Lipinski definition) is 4. The third kappa shape index (κ3) is 4.90. The first-order valence-electron chi connectivity index (χ1n) is 8.97. The summed E-state index contributed by atoms with van der Waals surface area (Å²) in [5.41, 5.74) is 5.69. The number of carbonyl (C=O) groups excluding carboxylic acids is 1. The Balaban J connectivity index is 2.30. The number of unbranched alkanes of at least 4 members (excludes halogenated alkanes) is 1. The minimum atomic E-state index is -0.548. The molecular weight excluding hydrogens is 316 g/mol. The summed E-state index contributed by atoms with van der Waals surface area (Å²) >= 11 is 0. The Hall–Kier alpha value is -2.18. The quantitative estimate of drug-likeness (QED) is 0.417. The Labute approximate surface area is 149 Å². The zero-order valence-electron chi connectivity index (χ0n) is 15.3. The lowest BCUT2D eigenvalue weighted by Crippen LogP contribution is -2.25. The number of imidazole rings is 1. The Morgan fingerprint density at radius 1 is 1.40 bits per heavy atom. The molecule has 136 valence electrons. The molecule has 0 fully saturated rings. The van der Waals surface area contributed by atoms with Gasteiger partial charge in [0.05, 0.1) is 11.4 Å². The van der Waals surface area contributed by atoms with Crippen LogP contribution in [-0.2, 0) is 17.8 Å². The van der Waals surface area contributed by atoms with Gasteiger partial charge in [-0.05, 0) is 49.7 Å². The molecule has 0 spiro atoms. The van der Waals surface area contributed by atoms with Crippen molar-refractivity contribution in [3.63, 3.8) is 0 Å². The summed E-state index contributed by atoms with van der Waals surface area (Å²) in [5.74, 6) is -0.548. The standard InChI is InChI=1S/C19H28N4O2/c1-4-7-11-22(6-3)14-17-16(5-2)20-18-13-15(10-12-23(17)18)8-9-19(24)21-25/h8-10,12-13,25H,4-7,11,14H2,1-3H3,(H,21,24). The van der Waals surface area contributed by atoms with Crippen molar-refractivity contribution >= 4 is 17.6 Å². The van der Waals surface area contributed by atoms with Crippen LogP contribution < -0.4 is 5.48 Å². The SMILES string of the molecule is CCCCN(CC)Cc1c(CC)nc2cc(C=CC(=O)NO)ccn12. The van der Waals surface area contributed by atoms with Crippen LogP contribution in [0, 0.1) is 0 Å². The molecule has 2 heterocycles. The van der Waals surface area contributed by atoms with E-state index < -0.39 is 5.91 Å². The summed E-state index contributed by atoms with van der Waals surface area (Å²) < 4.78 is 2.14. The van der Waals surface area contributed by atoms with Crippen molar-refractivity contribution in [1.82, 2.24) is 19.8 Å².